The lowest BCUT2D eigenvalue weighted by atomic mass is 9.84. The van der Waals surface area contributed by atoms with Crippen LogP contribution in [0.15, 0.2) is 80.4 Å². The second kappa shape index (κ2) is 18.3. The van der Waals surface area contributed by atoms with E-state index in [9.17, 15) is 0 Å². The predicted octanol–water partition coefficient (Wildman–Crippen LogP) is 11.2. The molecule has 1 aliphatic rings. The van der Waals surface area contributed by atoms with E-state index in [2.05, 4.69) is 117 Å². The summed E-state index contributed by atoms with van der Waals surface area (Å²) in [4.78, 5) is 0.970. The number of hydrogen-bond acceptors (Lipinski definition) is 1. The lowest BCUT2D eigenvalue weighted by Gasteiger charge is -2.21. The average Bonchev–Trinajstić information content (AvgIpc) is 2.87. The first-order valence-corrected chi connectivity index (χ1v) is 13.7. The van der Waals surface area contributed by atoms with Crippen molar-refractivity contribution in [3.8, 4) is 0 Å². The van der Waals surface area contributed by atoms with E-state index in [-0.39, 0.29) is 0 Å². The van der Waals surface area contributed by atoms with Crippen molar-refractivity contribution in [1.29, 1.82) is 0 Å². The molecule has 0 bridgehead atoms. The first-order chi connectivity index (χ1) is 17.7. The van der Waals surface area contributed by atoms with Gasteiger partial charge in [-0.3, -0.25) is 0 Å². The molecule has 0 nitrogen and oxygen atoms in total. The average molecular weight is 513 g/mol. The minimum atomic E-state index is 0.970. The van der Waals surface area contributed by atoms with Gasteiger partial charge in [0, 0.05) is 4.86 Å². The molecule has 0 amide bonds. The molecular formula is C36H48S. The molecule has 0 radical (unpaired) electrons. The number of allylic oxidation sites excluding steroid dienone is 2. The van der Waals surface area contributed by atoms with Gasteiger partial charge in [-0.05, 0) is 86.1 Å². The van der Waals surface area contributed by atoms with E-state index in [1.807, 2.05) is 32.1 Å². The van der Waals surface area contributed by atoms with Gasteiger partial charge in [0.2, 0.25) is 0 Å². The monoisotopic (exact) mass is 512 g/mol. The van der Waals surface area contributed by atoms with Gasteiger partial charge in [-0.25, -0.2) is 0 Å². The Balaban J connectivity index is 0.000000675. The van der Waals surface area contributed by atoms with Gasteiger partial charge in [0.05, 0.1) is 0 Å². The van der Waals surface area contributed by atoms with Crippen LogP contribution in [0.4, 0.5) is 0 Å². The van der Waals surface area contributed by atoms with Crippen LogP contribution < -0.4 is 0 Å². The molecule has 1 aliphatic carbocycles. The molecule has 0 heterocycles. The first kappa shape index (κ1) is 34.0. The van der Waals surface area contributed by atoms with Crippen LogP contribution in [-0.2, 0) is 6.42 Å². The fraction of sp³-hybridized carbons (Fsp3) is 0.306. The molecule has 0 N–H and O–H groups in total. The van der Waals surface area contributed by atoms with Crippen molar-refractivity contribution in [3.63, 3.8) is 0 Å². The van der Waals surface area contributed by atoms with Crippen LogP contribution in [-0.4, -0.2) is 4.86 Å². The molecule has 0 spiro atoms. The molecule has 4 rings (SSSR count). The van der Waals surface area contributed by atoms with E-state index in [1.54, 1.807) is 0 Å². The van der Waals surface area contributed by atoms with Crippen molar-refractivity contribution in [2.75, 3.05) is 0 Å². The largest absolute Gasteiger partial charge is 0.106 e. The van der Waals surface area contributed by atoms with Gasteiger partial charge in [-0.2, -0.15) is 0 Å². The van der Waals surface area contributed by atoms with Gasteiger partial charge in [0.15, 0.2) is 0 Å². The van der Waals surface area contributed by atoms with Crippen LogP contribution in [0.1, 0.15) is 84.2 Å². The maximum absolute atomic E-state index is 5.65. The van der Waals surface area contributed by atoms with Gasteiger partial charge in [0.25, 0.3) is 0 Å². The van der Waals surface area contributed by atoms with E-state index < -0.39 is 0 Å². The van der Waals surface area contributed by atoms with E-state index >= 15 is 0 Å². The highest BCUT2D eigenvalue weighted by Crippen LogP contribution is 2.31. The Morgan fingerprint density at radius 2 is 1.30 bits per heavy atom. The van der Waals surface area contributed by atoms with Crippen molar-refractivity contribution < 1.29 is 0 Å². The summed E-state index contributed by atoms with van der Waals surface area (Å²) in [6.45, 7) is 28.7. The van der Waals surface area contributed by atoms with Crippen LogP contribution in [0.5, 0.6) is 0 Å². The topological polar surface area (TPSA) is 0 Å². The Kier molecular flexibility index (Phi) is 16.8. The molecule has 0 saturated carbocycles. The molecule has 198 valence electrons. The zero-order chi connectivity index (χ0) is 28.5. The Morgan fingerprint density at radius 3 is 1.78 bits per heavy atom. The van der Waals surface area contributed by atoms with Crippen molar-refractivity contribution in [3.05, 3.63) is 130 Å². The first-order valence-electron chi connectivity index (χ1n) is 13.3. The van der Waals surface area contributed by atoms with Gasteiger partial charge in [-0.1, -0.05) is 130 Å². The molecule has 3 aromatic carbocycles. The number of hydrogen-bond donors (Lipinski definition) is 0. The summed E-state index contributed by atoms with van der Waals surface area (Å²) in [5, 5.41) is 0. The highest BCUT2D eigenvalue weighted by atomic mass is 32.1. The van der Waals surface area contributed by atoms with Crippen LogP contribution in [0.3, 0.4) is 0 Å². The summed E-state index contributed by atoms with van der Waals surface area (Å²) in [6, 6.07) is 19.4. The van der Waals surface area contributed by atoms with Crippen molar-refractivity contribution in [1.82, 2.24) is 0 Å². The standard InChI is InChI=1S/C20H20S.C9H10.C3H8.C2H6.C2H4/c1-12-5-13(2)8-16(7-12)17-10-18-15(4)6-14(3)9-19(18)20(21)11-17;1-3-9-7-5-4-6-8(9)2;1-3-2;2*1-2/h5-9,11H,10H2,1-4H3;3-7H,1H2,2H3;3H2,1-2H3;1-2H3;1-2H2. The quantitative estimate of drug-likeness (QED) is 0.243. The molecule has 0 aliphatic heterocycles. The van der Waals surface area contributed by atoms with Gasteiger partial charge >= 0.3 is 0 Å². The fourth-order valence-electron chi connectivity index (χ4n) is 4.09. The van der Waals surface area contributed by atoms with Crippen molar-refractivity contribution in [2.45, 2.75) is 75.2 Å². The number of benzene rings is 3. The lowest BCUT2D eigenvalue weighted by molar-refractivity contribution is 1.09. The summed E-state index contributed by atoms with van der Waals surface area (Å²) in [6.07, 6.45) is 6.28. The normalized spacial score (nSPS) is 10.8. The third-order valence-corrected chi connectivity index (χ3v) is 5.89. The van der Waals surface area contributed by atoms with E-state index in [0.717, 1.165) is 11.3 Å². The fourth-order valence-corrected chi connectivity index (χ4v) is 4.42. The Labute approximate surface area is 233 Å². The predicted molar refractivity (Wildman–Crippen MR) is 175 cm³/mol. The maximum Gasteiger partial charge on any atom is 0.0455 e. The van der Waals surface area contributed by atoms with Crippen LogP contribution in [0.2, 0.25) is 0 Å². The van der Waals surface area contributed by atoms with Crippen LogP contribution in [0, 0.1) is 34.6 Å². The third-order valence-electron chi connectivity index (χ3n) is 5.56. The molecule has 0 saturated heterocycles. The van der Waals surface area contributed by atoms with Crippen LogP contribution >= 0.6 is 12.2 Å². The SMILES string of the molecule is C=C.C=Cc1ccccc1C.CC.CCC.Cc1cc(C)cc(C2=CC(=S)c3cc(C)cc(C)c3C2)c1. The number of thiocarbonyl (C=S) groups is 1. The zero-order valence-electron chi connectivity index (χ0n) is 24.8. The van der Waals surface area contributed by atoms with E-state index in [0.29, 0.717) is 0 Å². The Hall–Kier alpha value is -3.03. The molecule has 0 unspecified atom stereocenters. The molecular weight excluding hydrogens is 464 g/mol. The molecule has 0 atom stereocenters. The second-order valence-electron chi connectivity index (χ2n) is 8.96. The summed E-state index contributed by atoms with van der Waals surface area (Å²) in [7, 11) is 0. The third kappa shape index (κ3) is 10.9. The van der Waals surface area contributed by atoms with Crippen LogP contribution in [0.25, 0.3) is 11.6 Å². The minimum Gasteiger partial charge on any atom is -0.106 e. The van der Waals surface area contributed by atoms with E-state index in [4.69, 9.17) is 12.2 Å². The molecule has 1 heteroatoms. The lowest BCUT2D eigenvalue weighted by Crippen LogP contribution is -2.11. The molecule has 37 heavy (non-hydrogen) atoms. The summed E-state index contributed by atoms with van der Waals surface area (Å²) >= 11 is 5.65. The van der Waals surface area contributed by atoms with Crippen molar-refractivity contribution >= 4 is 28.7 Å². The Morgan fingerprint density at radius 1 is 0.784 bits per heavy atom. The summed E-state index contributed by atoms with van der Waals surface area (Å²) < 4.78 is 0. The van der Waals surface area contributed by atoms with Crippen molar-refractivity contribution in [2.24, 2.45) is 0 Å². The van der Waals surface area contributed by atoms with E-state index in [1.165, 1.54) is 62.1 Å². The highest BCUT2D eigenvalue weighted by molar-refractivity contribution is 7.81. The van der Waals surface area contributed by atoms with Gasteiger partial charge in [-0.15, -0.1) is 13.2 Å². The Bertz CT molecular complexity index is 1160. The molecule has 0 aromatic heterocycles. The summed E-state index contributed by atoms with van der Waals surface area (Å²) in [5.41, 5.74) is 13.0. The van der Waals surface area contributed by atoms with Gasteiger partial charge in [0.1, 0.15) is 0 Å². The number of rotatable bonds is 2. The molecule has 0 fully saturated rings. The smallest absolute Gasteiger partial charge is 0.0455 e. The second-order valence-corrected chi connectivity index (χ2v) is 9.40. The number of fused-ring (bicyclic) bond motifs is 1. The number of aryl methyl sites for hydroxylation is 5. The summed E-state index contributed by atoms with van der Waals surface area (Å²) in [5.74, 6) is 0. The van der Waals surface area contributed by atoms with Gasteiger partial charge < -0.3 is 0 Å². The maximum atomic E-state index is 5.65. The molecule has 3 aromatic rings. The highest BCUT2D eigenvalue weighted by Gasteiger charge is 2.18. The minimum absolute atomic E-state index is 0.970. The zero-order valence-corrected chi connectivity index (χ0v) is 25.6.